The standard InChI is InChI=1S/C17H14O3S/c1-11-9-13-7-8-14(15(18)16(13)21-11)17(19)20-10-12-5-3-2-4-6-12/h2-9,18H,10H2,1H3. The van der Waals surface area contributed by atoms with Gasteiger partial charge in [-0.3, -0.25) is 0 Å². The number of carbonyl (C=O) groups excluding carboxylic acids is 1. The van der Waals surface area contributed by atoms with Gasteiger partial charge >= 0.3 is 5.97 Å². The highest BCUT2D eigenvalue weighted by atomic mass is 32.1. The summed E-state index contributed by atoms with van der Waals surface area (Å²) in [7, 11) is 0. The highest BCUT2D eigenvalue weighted by Crippen LogP contribution is 2.35. The molecule has 4 heteroatoms. The van der Waals surface area contributed by atoms with Gasteiger partial charge in [0.1, 0.15) is 17.9 Å². The molecule has 0 unspecified atom stereocenters. The minimum Gasteiger partial charge on any atom is -0.506 e. The summed E-state index contributed by atoms with van der Waals surface area (Å²) in [6, 6.07) is 14.9. The molecule has 1 heterocycles. The van der Waals surface area contributed by atoms with Crippen molar-refractivity contribution in [3.8, 4) is 5.75 Å². The van der Waals surface area contributed by atoms with Crippen molar-refractivity contribution >= 4 is 27.4 Å². The number of hydrogen-bond acceptors (Lipinski definition) is 4. The predicted octanol–water partition coefficient (Wildman–Crippen LogP) is 4.27. The van der Waals surface area contributed by atoms with E-state index in [1.165, 1.54) is 11.3 Å². The van der Waals surface area contributed by atoms with Crippen molar-refractivity contribution in [2.45, 2.75) is 13.5 Å². The molecule has 3 aromatic rings. The molecule has 0 amide bonds. The summed E-state index contributed by atoms with van der Waals surface area (Å²) in [6.45, 7) is 2.16. The number of phenolic OH excluding ortho intramolecular Hbond substituents is 1. The van der Waals surface area contributed by atoms with Gasteiger partial charge in [0.2, 0.25) is 0 Å². The number of rotatable bonds is 3. The van der Waals surface area contributed by atoms with Gasteiger partial charge in [0.05, 0.1) is 4.70 Å². The van der Waals surface area contributed by atoms with Crippen LogP contribution in [-0.2, 0) is 11.3 Å². The highest BCUT2D eigenvalue weighted by molar-refractivity contribution is 7.19. The second kappa shape index (κ2) is 5.58. The Morgan fingerprint density at radius 2 is 1.95 bits per heavy atom. The second-order valence-electron chi connectivity index (χ2n) is 4.80. The van der Waals surface area contributed by atoms with E-state index >= 15 is 0 Å². The predicted molar refractivity (Wildman–Crippen MR) is 83.8 cm³/mol. The Balaban J connectivity index is 1.83. The zero-order valence-corrected chi connectivity index (χ0v) is 12.3. The average Bonchev–Trinajstić information content (AvgIpc) is 2.88. The third-order valence-electron chi connectivity index (χ3n) is 3.22. The van der Waals surface area contributed by atoms with Crippen LogP contribution in [-0.4, -0.2) is 11.1 Å². The molecule has 106 valence electrons. The summed E-state index contributed by atoms with van der Waals surface area (Å²) in [5.41, 5.74) is 1.12. The third-order valence-corrected chi connectivity index (χ3v) is 4.29. The maximum atomic E-state index is 12.1. The molecule has 0 aliphatic carbocycles. The van der Waals surface area contributed by atoms with Crippen LogP contribution in [0.4, 0.5) is 0 Å². The molecule has 0 spiro atoms. The molecule has 0 fully saturated rings. The van der Waals surface area contributed by atoms with Crippen molar-refractivity contribution in [2.75, 3.05) is 0 Å². The van der Waals surface area contributed by atoms with Crippen LogP contribution < -0.4 is 0 Å². The molecular formula is C17H14O3S. The van der Waals surface area contributed by atoms with Gasteiger partial charge in [-0.1, -0.05) is 36.4 Å². The van der Waals surface area contributed by atoms with Crippen LogP contribution in [0.1, 0.15) is 20.8 Å². The van der Waals surface area contributed by atoms with Crippen molar-refractivity contribution in [3.05, 3.63) is 64.5 Å². The van der Waals surface area contributed by atoms with Gasteiger partial charge in [-0.15, -0.1) is 11.3 Å². The normalized spacial score (nSPS) is 10.7. The number of aryl methyl sites for hydroxylation is 1. The zero-order chi connectivity index (χ0) is 14.8. The molecule has 3 rings (SSSR count). The van der Waals surface area contributed by atoms with E-state index in [1.807, 2.05) is 49.4 Å². The Kier molecular flexibility index (Phi) is 3.62. The molecule has 1 aromatic heterocycles. The number of ether oxygens (including phenoxy) is 1. The molecular weight excluding hydrogens is 284 g/mol. The molecule has 3 nitrogen and oxygen atoms in total. The minimum absolute atomic E-state index is 0.00339. The van der Waals surface area contributed by atoms with Crippen LogP contribution in [0.2, 0.25) is 0 Å². The van der Waals surface area contributed by atoms with Gasteiger partial charge in [-0.25, -0.2) is 4.79 Å². The lowest BCUT2D eigenvalue weighted by atomic mass is 10.1. The van der Waals surface area contributed by atoms with E-state index in [4.69, 9.17) is 4.74 Å². The lowest BCUT2D eigenvalue weighted by Gasteiger charge is -2.07. The molecule has 1 N–H and O–H groups in total. The van der Waals surface area contributed by atoms with Crippen LogP contribution in [0, 0.1) is 6.92 Å². The first-order chi connectivity index (χ1) is 10.1. The first-order valence-electron chi connectivity index (χ1n) is 6.58. The third kappa shape index (κ3) is 2.76. The Bertz CT molecular complexity index is 790. The summed E-state index contributed by atoms with van der Waals surface area (Å²) in [6.07, 6.45) is 0. The fourth-order valence-electron chi connectivity index (χ4n) is 2.18. The molecule has 2 aromatic carbocycles. The molecule has 0 radical (unpaired) electrons. The van der Waals surface area contributed by atoms with E-state index in [2.05, 4.69) is 0 Å². The maximum Gasteiger partial charge on any atom is 0.342 e. The van der Waals surface area contributed by atoms with E-state index in [1.54, 1.807) is 6.07 Å². The number of fused-ring (bicyclic) bond motifs is 1. The Morgan fingerprint density at radius 1 is 1.19 bits per heavy atom. The van der Waals surface area contributed by atoms with Crippen LogP contribution in [0.25, 0.3) is 10.1 Å². The van der Waals surface area contributed by atoms with Crippen molar-refractivity contribution < 1.29 is 14.6 Å². The van der Waals surface area contributed by atoms with Crippen molar-refractivity contribution in [1.29, 1.82) is 0 Å². The molecule has 0 saturated heterocycles. The second-order valence-corrected chi connectivity index (χ2v) is 6.06. The van der Waals surface area contributed by atoms with E-state index in [0.29, 0.717) is 0 Å². The van der Waals surface area contributed by atoms with Crippen LogP contribution in [0.3, 0.4) is 0 Å². The number of benzene rings is 2. The minimum atomic E-state index is -0.510. The van der Waals surface area contributed by atoms with Crippen LogP contribution in [0.5, 0.6) is 5.75 Å². The molecule has 21 heavy (non-hydrogen) atoms. The first kappa shape index (κ1) is 13.6. The van der Waals surface area contributed by atoms with Gasteiger partial charge in [0, 0.05) is 4.88 Å². The number of thiophene rings is 1. The Morgan fingerprint density at radius 3 is 2.71 bits per heavy atom. The van der Waals surface area contributed by atoms with Gasteiger partial charge in [0.15, 0.2) is 0 Å². The van der Waals surface area contributed by atoms with Gasteiger partial charge in [-0.05, 0) is 30.0 Å². The lowest BCUT2D eigenvalue weighted by molar-refractivity contribution is 0.0470. The summed E-state index contributed by atoms with van der Waals surface area (Å²) in [5, 5.41) is 11.2. The fourth-order valence-corrected chi connectivity index (χ4v) is 3.14. The lowest BCUT2D eigenvalue weighted by Crippen LogP contribution is -2.05. The van der Waals surface area contributed by atoms with E-state index in [-0.39, 0.29) is 17.9 Å². The smallest absolute Gasteiger partial charge is 0.342 e. The number of hydrogen-bond donors (Lipinski definition) is 1. The van der Waals surface area contributed by atoms with E-state index in [9.17, 15) is 9.90 Å². The number of aromatic hydroxyl groups is 1. The van der Waals surface area contributed by atoms with Gasteiger partial charge in [-0.2, -0.15) is 0 Å². The molecule has 0 saturated carbocycles. The topological polar surface area (TPSA) is 46.5 Å². The summed E-state index contributed by atoms with van der Waals surface area (Å²) < 4.78 is 5.98. The average molecular weight is 298 g/mol. The van der Waals surface area contributed by atoms with Gasteiger partial charge in [0.25, 0.3) is 0 Å². The zero-order valence-electron chi connectivity index (χ0n) is 11.5. The maximum absolute atomic E-state index is 12.1. The number of phenols is 1. The Hall–Kier alpha value is -2.33. The van der Waals surface area contributed by atoms with Crippen molar-refractivity contribution in [3.63, 3.8) is 0 Å². The molecule has 0 atom stereocenters. The largest absolute Gasteiger partial charge is 0.506 e. The quantitative estimate of drug-likeness (QED) is 0.734. The van der Waals surface area contributed by atoms with E-state index in [0.717, 1.165) is 20.5 Å². The highest BCUT2D eigenvalue weighted by Gasteiger charge is 2.16. The van der Waals surface area contributed by atoms with Gasteiger partial charge < -0.3 is 9.84 Å². The summed E-state index contributed by atoms with van der Waals surface area (Å²) >= 11 is 1.47. The SMILES string of the molecule is Cc1cc2ccc(C(=O)OCc3ccccc3)c(O)c2s1. The fraction of sp³-hybridized carbons (Fsp3) is 0.118. The molecule has 0 aliphatic heterocycles. The molecule has 0 aliphatic rings. The monoisotopic (exact) mass is 298 g/mol. The Labute approximate surface area is 126 Å². The summed E-state index contributed by atoms with van der Waals surface area (Å²) in [4.78, 5) is 13.2. The summed E-state index contributed by atoms with van der Waals surface area (Å²) in [5.74, 6) is -0.507. The van der Waals surface area contributed by atoms with Crippen LogP contribution >= 0.6 is 11.3 Å². The van der Waals surface area contributed by atoms with Crippen molar-refractivity contribution in [2.24, 2.45) is 0 Å². The van der Waals surface area contributed by atoms with Crippen LogP contribution in [0.15, 0.2) is 48.5 Å². The first-order valence-corrected chi connectivity index (χ1v) is 7.40. The van der Waals surface area contributed by atoms with Crippen molar-refractivity contribution in [1.82, 2.24) is 0 Å². The number of esters is 1. The number of carbonyl (C=O) groups is 1. The van der Waals surface area contributed by atoms with E-state index < -0.39 is 5.97 Å². The molecule has 0 bridgehead atoms.